The number of amides is 1. The van der Waals surface area contributed by atoms with E-state index in [9.17, 15) is 4.79 Å². The lowest BCUT2D eigenvalue weighted by molar-refractivity contribution is 0.0216. The number of carbonyl (C=O) groups excluding carboxylic acids is 1. The quantitative estimate of drug-likeness (QED) is 0.863. The van der Waals surface area contributed by atoms with Crippen molar-refractivity contribution in [2.24, 2.45) is 5.92 Å². The molecule has 5 heteroatoms. The Hall–Kier alpha value is -1.90. The first-order valence-corrected chi connectivity index (χ1v) is 8.88. The summed E-state index contributed by atoms with van der Waals surface area (Å²) < 4.78 is 1.01. The van der Waals surface area contributed by atoms with Crippen molar-refractivity contribution >= 4 is 27.3 Å². The Labute approximate surface area is 139 Å². The standard InChI is InChI=1S/C18H19N3OS/c1-3-14-8-13-10-19-15(9-16(13)23-14)18(22)20-17-11(2)21-6-4-12(17)5-7-21/h1,8-12,17H,4-7H2,2H3,(H,20,22)/t11-,17-/m0/s1. The lowest BCUT2D eigenvalue weighted by Crippen LogP contribution is -2.62. The largest absolute Gasteiger partial charge is 0.346 e. The van der Waals surface area contributed by atoms with E-state index in [0.717, 1.165) is 28.1 Å². The van der Waals surface area contributed by atoms with Crippen molar-refractivity contribution < 1.29 is 4.79 Å². The number of hydrogen-bond acceptors (Lipinski definition) is 4. The van der Waals surface area contributed by atoms with Crippen LogP contribution in [0.2, 0.25) is 0 Å². The van der Waals surface area contributed by atoms with Crippen LogP contribution in [0.5, 0.6) is 0 Å². The molecule has 0 saturated carbocycles. The van der Waals surface area contributed by atoms with Crippen LogP contribution >= 0.6 is 11.3 Å². The average Bonchev–Trinajstić information content (AvgIpc) is 3.00. The van der Waals surface area contributed by atoms with Crippen molar-refractivity contribution in [1.82, 2.24) is 15.2 Å². The van der Waals surface area contributed by atoms with E-state index in [0.29, 0.717) is 17.7 Å². The van der Waals surface area contributed by atoms with Gasteiger partial charge >= 0.3 is 0 Å². The molecule has 4 nitrogen and oxygen atoms in total. The van der Waals surface area contributed by atoms with Gasteiger partial charge in [-0.15, -0.1) is 17.8 Å². The Morgan fingerprint density at radius 3 is 2.91 bits per heavy atom. The maximum Gasteiger partial charge on any atom is 0.270 e. The highest BCUT2D eigenvalue weighted by Crippen LogP contribution is 2.32. The monoisotopic (exact) mass is 325 g/mol. The topological polar surface area (TPSA) is 45.2 Å². The van der Waals surface area contributed by atoms with Crippen LogP contribution in [-0.4, -0.2) is 41.0 Å². The van der Waals surface area contributed by atoms with Gasteiger partial charge in [0.05, 0.1) is 4.88 Å². The molecule has 2 bridgehead atoms. The van der Waals surface area contributed by atoms with E-state index in [1.165, 1.54) is 24.2 Å². The van der Waals surface area contributed by atoms with Gasteiger partial charge in [-0.3, -0.25) is 14.7 Å². The Balaban J connectivity index is 1.56. The third kappa shape index (κ3) is 2.52. The van der Waals surface area contributed by atoms with Gasteiger partial charge in [0.15, 0.2) is 0 Å². The van der Waals surface area contributed by atoms with Gasteiger partial charge in [0.2, 0.25) is 0 Å². The fourth-order valence-electron chi connectivity index (χ4n) is 3.90. The van der Waals surface area contributed by atoms with Crippen molar-refractivity contribution in [2.75, 3.05) is 13.1 Å². The second-order valence-electron chi connectivity index (χ2n) is 6.48. The second kappa shape index (κ2) is 5.63. The van der Waals surface area contributed by atoms with Crippen molar-refractivity contribution in [3.63, 3.8) is 0 Å². The van der Waals surface area contributed by atoms with E-state index < -0.39 is 0 Å². The molecule has 3 fully saturated rings. The van der Waals surface area contributed by atoms with Gasteiger partial charge in [-0.2, -0.15) is 0 Å². The molecule has 2 atom stereocenters. The first-order valence-electron chi connectivity index (χ1n) is 8.07. The number of carbonyl (C=O) groups is 1. The minimum absolute atomic E-state index is 0.0758. The minimum atomic E-state index is -0.0758. The van der Waals surface area contributed by atoms with Gasteiger partial charge in [0.1, 0.15) is 5.69 Å². The number of nitrogens with one attached hydrogen (secondary N) is 1. The summed E-state index contributed by atoms with van der Waals surface area (Å²) >= 11 is 1.52. The molecule has 1 amide bonds. The minimum Gasteiger partial charge on any atom is -0.346 e. The molecule has 23 heavy (non-hydrogen) atoms. The van der Waals surface area contributed by atoms with E-state index >= 15 is 0 Å². The second-order valence-corrected chi connectivity index (χ2v) is 7.56. The van der Waals surface area contributed by atoms with Crippen molar-refractivity contribution in [3.8, 4) is 12.3 Å². The van der Waals surface area contributed by atoms with Gasteiger partial charge in [0, 0.05) is 28.4 Å². The van der Waals surface area contributed by atoms with E-state index in [-0.39, 0.29) is 11.9 Å². The zero-order chi connectivity index (χ0) is 16.0. The molecule has 0 aliphatic carbocycles. The number of aromatic nitrogens is 1. The molecule has 3 saturated heterocycles. The van der Waals surface area contributed by atoms with Crippen molar-refractivity contribution in [3.05, 3.63) is 28.9 Å². The first-order chi connectivity index (χ1) is 11.2. The van der Waals surface area contributed by atoms with Gasteiger partial charge in [0.25, 0.3) is 5.91 Å². The molecular weight excluding hydrogens is 306 g/mol. The van der Waals surface area contributed by atoms with E-state index in [2.05, 4.69) is 28.0 Å². The molecule has 5 rings (SSSR count). The predicted octanol–water partition coefficient (Wildman–Crippen LogP) is 2.49. The molecule has 1 N–H and O–H groups in total. The molecule has 3 aliphatic rings. The fraction of sp³-hybridized carbons (Fsp3) is 0.444. The summed E-state index contributed by atoms with van der Waals surface area (Å²) in [5, 5.41) is 4.22. The molecule has 0 spiro atoms. The molecule has 2 aromatic heterocycles. The number of rotatable bonds is 2. The summed E-state index contributed by atoms with van der Waals surface area (Å²) in [5.41, 5.74) is 0.478. The summed E-state index contributed by atoms with van der Waals surface area (Å²) in [4.78, 5) is 20.3. The van der Waals surface area contributed by atoms with Gasteiger partial charge in [-0.05, 0) is 50.9 Å². The third-order valence-corrected chi connectivity index (χ3v) is 6.28. The Bertz CT molecular complexity index is 796. The number of fused-ring (bicyclic) bond motifs is 4. The molecule has 5 heterocycles. The van der Waals surface area contributed by atoms with E-state index in [4.69, 9.17) is 6.42 Å². The third-order valence-electron chi connectivity index (χ3n) is 5.25. The molecule has 0 radical (unpaired) electrons. The van der Waals surface area contributed by atoms with Gasteiger partial charge < -0.3 is 5.32 Å². The SMILES string of the molecule is C#Cc1cc2cnc(C(=O)N[C@@H]3C4CCN(CC4)[C@H]3C)cc2s1. The van der Waals surface area contributed by atoms with Crippen molar-refractivity contribution in [1.29, 1.82) is 0 Å². The molecule has 0 unspecified atom stereocenters. The number of terminal acetylenes is 1. The number of hydrogen-bond donors (Lipinski definition) is 1. The lowest BCUT2D eigenvalue weighted by atomic mass is 9.79. The number of thiophene rings is 1. The average molecular weight is 325 g/mol. The van der Waals surface area contributed by atoms with Crippen LogP contribution in [0.4, 0.5) is 0 Å². The first kappa shape index (κ1) is 14.7. The number of piperidine rings is 3. The number of pyridine rings is 1. The molecule has 0 aromatic carbocycles. The normalized spacial score (nSPS) is 29.4. The molecule has 2 aromatic rings. The van der Waals surface area contributed by atoms with E-state index in [1.807, 2.05) is 12.1 Å². The maximum atomic E-state index is 12.6. The van der Waals surface area contributed by atoms with Gasteiger partial charge in [-0.1, -0.05) is 5.92 Å². The Kier molecular flexibility index (Phi) is 3.59. The summed E-state index contributed by atoms with van der Waals surface area (Å²) in [6.07, 6.45) is 9.54. The maximum absolute atomic E-state index is 12.6. The highest BCUT2D eigenvalue weighted by atomic mass is 32.1. The van der Waals surface area contributed by atoms with Crippen LogP contribution in [0.15, 0.2) is 18.3 Å². The lowest BCUT2D eigenvalue weighted by Gasteiger charge is -2.49. The predicted molar refractivity (Wildman–Crippen MR) is 92.6 cm³/mol. The highest BCUT2D eigenvalue weighted by molar-refractivity contribution is 7.19. The van der Waals surface area contributed by atoms with Crippen LogP contribution in [0.25, 0.3) is 10.1 Å². The zero-order valence-electron chi connectivity index (χ0n) is 13.1. The number of nitrogens with zero attached hydrogens (tertiary/aromatic N) is 2. The van der Waals surface area contributed by atoms with Crippen LogP contribution in [0.1, 0.15) is 35.1 Å². The fourth-order valence-corrected chi connectivity index (χ4v) is 4.78. The van der Waals surface area contributed by atoms with Crippen LogP contribution in [0, 0.1) is 18.3 Å². The van der Waals surface area contributed by atoms with Crippen molar-refractivity contribution in [2.45, 2.75) is 31.8 Å². The van der Waals surface area contributed by atoms with Crippen LogP contribution in [-0.2, 0) is 0 Å². The van der Waals surface area contributed by atoms with Crippen LogP contribution < -0.4 is 5.32 Å². The smallest absolute Gasteiger partial charge is 0.270 e. The summed E-state index contributed by atoms with van der Waals surface area (Å²) in [6, 6.07) is 4.42. The summed E-state index contributed by atoms with van der Waals surface area (Å²) in [7, 11) is 0. The van der Waals surface area contributed by atoms with Gasteiger partial charge in [-0.25, -0.2) is 0 Å². The zero-order valence-corrected chi connectivity index (χ0v) is 13.9. The van der Waals surface area contributed by atoms with E-state index in [1.54, 1.807) is 6.20 Å². The highest BCUT2D eigenvalue weighted by Gasteiger charge is 2.40. The Morgan fingerprint density at radius 2 is 2.22 bits per heavy atom. The molecule has 3 aliphatic heterocycles. The summed E-state index contributed by atoms with van der Waals surface area (Å²) in [5.74, 6) is 3.16. The Morgan fingerprint density at radius 1 is 1.43 bits per heavy atom. The molecule has 118 valence electrons. The summed E-state index contributed by atoms with van der Waals surface area (Å²) in [6.45, 7) is 4.53. The molecular formula is C18H19N3OS. The van der Waals surface area contributed by atoms with Crippen LogP contribution in [0.3, 0.4) is 0 Å².